The van der Waals surface area contributed by atoms with E-state index in [4.69, 9.17) is 0 Å². The Hall–Kier alpha value is -0.870. The third-order valence-corrected chi connectivity index (χ3v) is 5.42. The fraction of sp³-hybridized carbons (Fsp3) is 0.667. The van der Waals surface area contributed by atoms with Crippen LogP contribution in [0.3, 0.4) is 0 Å². The summed E-state index contributed by atoms with van der Waals surface area (Å²) < 4.78 is 0. The van der Waals surface area contributed by atoms with E-state index in [1.165, 1.54) is 29.0 Å². The molecule has 3 nitrogen and oxygen atoms in total. The third kappa shape index (κ3) is 2.43. The van der Waals surface area contributed by atoms with Crippen LogP contribution in [0.5, 0.6) is 0 Å². The number of nitrogens with zero attached hydrogens (tertiary/aromatic N) is 1. The second-order valence-electron chi connectivity index (χ2n) is 5.77. The van der Waals surface area contributed by atoms with Gasteiger partial charge in [0.25, 0.3) is 0 Å². The van der Waals surface area contributed by atoms with E-state index in [-0.39, 0.29) is 12.2 Å². The molecule has 2 atom stereocenters. The molecule has 0 radical (unpaired) electrons. The van der Waals surface area contributed by atoms with E-state index in [9.17, 15) is 4.79 Å². The van der Waals surface area contributed by atoms with Gasteiger partial charge in [0.1, 0.15) is 6.17 Å². The maximum absolute atomic E-state index is 12.5. The molecule has 0 aromatic carbocycles. The van der Waals surface area contributed by atoms with Gasteiger partial charge in [-0.15, -0.1) is 11.3 Å². The largest absolute Gasteiger partial charge is 0.320 e. The summed E-state index contributed by atoms with van der Waals surface area (Å²) in [5.41, 5.74) is 0. The van der Waals surface area contributed by atoms with Crippen molar-refractivity contribution in [2.75, 3.05) is 6.54 Å². The molecular formula is C15H22N2OS. The van der Waals surface area contributed by atoms with Gasteiger partial charge in [0, 0.05) is 16.3 Å². The molecule has 1 aliphatic carbocycles. The molecule has 1 N–H and O–H groups in total. The van der Waals surface area contributed by atoms with Crippen LogP contribution in [-0.4, -0.2) is 23.4 Å². The van der Waals surface area contributed by atoms with Crippen molar-refractivity contribution in [1.82, 2.24) is 10.2 Å². The van der Waals surface area contributed by atoms with Crippen LogP contribution in [0, 0.1) is 12.8 Å². The fourth-order valence-corrected chi connectivity index (χ4v) is 3.91. The van der Waals surface area contributed by atoms with Crippen molar-refractivity contribution in [2.45, 2.75) is 51.7 Å². The van der Waals surface area contributed by atoms with Crippen molar-refractivity contribution in [3.8, 4) is 0 Å². The Morgan fingerprint density at radius 1 is 1.42 bits per heavy atom. The second kappa shape index (κ2) is 5.25. The average molecular weight is 278 g/mol. The number of rotatable bonds is 4. The predicted molar refractivity (Wildman–Crippen MR) is 78.1 cm³/mol. The van der Waals surface area contributed by atoms with Gasteiger partial charge in [0.2, 0.25) is 5.91 Å². The van der Waals surface area contributed by atoms with Crippen LogP contribution >= 0.6 is 11.3 Å². The third-order valence-electron chi connectivity index (χ3n) is 4.37. The lowest BCUT2D eigenvalue weighted by Crippen LogP contribution is -2.37. The maximum atomic E-state index is 12.5. The van der Waals surface area contributed by atoms with Crippen LogP contribution in [0.15, 0.2) is 12.1 Å². The van der Waals surface area contributed by atoms with Crippen molar-refractivity contribution in [2.24, 2.45) is 5.92 Å². The smallest absolute Gasteiger partial charge is 0.241 e. The summed E-state index contributed by atoms with van der Waals surface area (Å²) in [5.74, 6) is 1.02. The molecule has 4 heteroatoms. The molecule has 0 spiro atoms. The van der Waals surface area contributed by atoms with Crippen molar-refractivity contribution in [1.29, 1.82) is 0 Å². The zero-order chi connectivity index (χ0) is 13.4. The van der Waals surface area contributed by atoms with Gasteiger partial charge in [-0.1, -0.05) is 13.3 Å². The average Bonchev–Trinajstić information content (AvgIpc) is 2.88. The molecule has 2 unspecified atom stereocenters. The van der Waals surface area contributed by atoms with Gasteiger partial charge in [0.05, 0.1) is 6.04 Å². The summed E-state index contributed by atoms with van der Waals surface area (Å²) in [6.07, 6.45) is 4.89. The molecule has 1 saturated carbocycles. The summed E-state index contributed by atoms with van der Waals surface area (Å²) >= 11 is 1.80. The van der Waals surface area contributed by atoms with E-state index < -0.39 is 0 Å². The zero-order valence-electron chi connectivity index (χ0n) is 11.7. The van der Waals surface area contributed by atoms with Gasteiger partial charge < -0.3 is 4.90 Å². The number of carbonyl (C=O) groups excluding carboxylic acids is 1. The fourth-order valence-electron chi connectivity index (χ4n) is 2.96. The van der Waals surface area contributed by atoms with E-state index in [0.717, 1.165) is 18.9 Å². The minimum absolute atomic E-state index is 0.00693. The highest BCUT2D eigenvalue weighted by Gasteiger charge is 2.40. The summed E-state index contributed by atoms with van der Waals surface area (Å²) in [7, 11) is 0. The first-order chi connectivity index (χ1) is 9.19. The van der Waals surface area contributed by atoms with Crippen LogP contribution < -0.4 is 5.32 Å². The second-order valence-corrected chi connectivity index (χ2v) is 7.09. The standard InChI is InChI=1S/C15H22N2OS/c1-3-12-15(18)17(9-11-5-4-6-11)14(16-12)13-8-7-10(2)19-13/h7-8,11-12,14,16H,3-6,9H2,1-2H3. The molecule has 1 aromatic rings. The highest BCUT2D eigenvalue weighted by atomic mass is 32.1. The lowest BCUT2D eigenvalue weighted by atomic mass is 9.85. The van der Waals surface area contributed by atoms with Crippen molar-refractivity contribution in [3.05, 3.63) is 21.9 Å². The Balaban J connectivity index is 1.80. The number of carbonyl (C=O) groups is 1. The molecule has 2 fully saturated rings. The Labute approximate surface area is 119 Å². The zero-order valence-corrected chi connectivity index (χ0v) is 12.5. The summed E-state index contributed by atoms with van der Waals surface area (Å²) in [5, 5.41) is 3.51. The van der Waals surface area contributed by atoms with E-state index in [0.29, 0.717) is 5.91 Å². The molecule has 2 aliphatic rings. The van der Waals surface area contributed by atoms with Crippen LogP contribution in [0.1, 0.15) is 48.5 Å². The first-order valence-corrected chi connectivity index (χ1v) is 8.13. The molecule has 1 aliphatic heterocycles. The van der Waals surface area contributed by atoms with Gasteiger partial charge in [-0.05, 0) is 44.2 Å². The quantitative estimate of drug-likeness (QED) is 0.918. The highest BCUT2D eigenvalue weighted by Crippen LogP contribution is 2.35. The molecule has 0 bridgehead atoms. The van der Waals surface area contributed by atoms with Crippen molar-refractivity contribution in [3.63, 3.8) is 0 Å². The topological polar surface area (TPSA) is 32.3 Å². The molecule has 19 heavy (non-hydrogen) atoms. The first kappa shape index (κ1) is 13.1. The molecular weight excluding hydrogens is 256 g/mol. The Kier molecular flexibility index (Phi) is 3.63. The van der Waals surface area contributed by atoms with Crippen LogP contribution in [-0.2, 0) is 4.79 Å². The lowest BCUT2D eigenvalue weighted by Gasteiger charge is -2.32. The van der Waals surface area contributed by atoms with Crippen LogP contribution in [0.25, 0.3) is 0 Å². The van der Waals surface area contributed by atoms with E-state index >= 15 is 0 Å². The monoisotopic (exact) mass is 278 g/mol. The lowest BCUT2D eigenvalue weighted by molar-refractivity contribution is -0.131. The Morgan fingerprint density at radius 2 is 2.21 bits per heavy atom. The highest BCUT2D eigenvalue weighted by molar-refractivity contribution is 7.12. The number of thiophene rings is 1. The van der Waals surface area contributed by atoms with Gasteiger partial charge in [0.15, 0.2) is 0 Å². The molecule has 1 aromatic heterocycles. The predicted octanol–water partition coefficient (Wildman–Crippen LogP) is 3.07. The Bertz CT molecular complexity index is 466. The molecule has 104 valence electrons. The number of hydrogen-bond donors (Lipinski definition) is 1. The Morgan fingerprint density at radius 3 is 2.74 bits per heavy atom. The van der Waals surface area contributed by atoms with E-state index in [2.05, 4.69) is 36.2 Å². The molecule has 1 saturated heterocycles. The van der Waals surface area contributed by atoms with Gasteiger partial charge in [-0.25, -0.2) is 0 Å². The molecule has 3 rings (SSSR count). The number of aryl methyl sites for hydroxylation is 1. The maximum Gasteiger partial charge on any atom is 0.241 e. The minimum Gasteiger partial charge on any atom is -0.320 e. The molecule has 1 amide bonds. The summed E-state index contributed by atoms with van der Waals surface area (Å²) in [6.45, 7) is 5.14. The first-order valence-electron chi connectivity index (χ1n) is 7.32. The van der Waals surface area contributed by atoms with Gasteiger partial charge in [-0.3, -0.25) is 10.1 Å². The summed E-state index contributed by atoms with van der Waals surface area (Å²) in [4.78, 5) is 17.1. The van der Waals surface area contributed by atoms with Gasteiger partial charge >= 0.3 is 0 Å². The SMILES string of the molecule is CCC1NC(c2ccc(C)s2)N(CC2CCC2)C1=O. The number of hydrogen-bond acceptors (Lipinski definition) is 3. The summed E-state index contributed by atoms with van der Waals surface area (Å²) in [6, 6.07) is 4.32. The van der Waals surface area contributed by atoms with Crippen molar-refractivity contribution >= 4 is 17.2 Å². The normalized spacial score (nSPS) is 27.9. The van der Waals surface area contributed by atoms with Crippen LogP contribution in [0.2, 0.25) is 0 Å². The van der Waals surface area contributed by atoms with Crippen molar-refractivity contribution < 1.29 is 4.79 Å². The van der Waals surface area contributed by atoms with Gasteiger partial charge in [-0.2, -0.15) is 0 Å². The minimum atomic E-state index is 0.00693. The number of nitrogens with one attached hydrogen (secondary N) is 1. The molecule has 2 heterocycles. The van der Waals surface area contributed by atoms with E-state index in [1.54, 1.807) is 11.3 Å². The van der Waals surface area contributed by atoms with E-state index in [1.807, 2.05) is 0 Å². The van der Waals surface area contributed by atoms with Crippen LogP contribution in [0.4, 0.5) is 0 Å². The number of amides is 1.